The van der Waals surface area contributed by atoms with E-state index in [-0.39, 0.29) is 6.61 Å². The minimum absolute atomic E-state index is 0.0658. The number of hydrogen-bond acceptors (Lipinski definition) is 2. The van der Waals surface area contributed by atoms with Crippen LogP contribution < -0.4 is 0 Å². The third-order valence-corrected chi connectivity index (χ3v) is 3.51. The second-order valence-corrected chi connectivity index (χ2v) is 4.48. The van der Waals surface area contributed by atoms with Crippen LogP contribution in [-0.4, -0.2) is 14.7 Å². The van der Waals surface area contributed by atoms with Crippen LogP contribution in [0.3, 0.4) is 0 Å². The monoisotopic (exact) mass is 212 g/mol. The van der Waals surface area contributed by atoms with Crippen molar-refractivity contribution in [2.45, 2.75) is 38.8 Å². The van der Waals surface area contributed by atoms with Gasteiger partial charge in [-0.3, -0.25) is 0 Å². The summed E-state index contributed by atoms with van der Waals surface area (Å²) in [5, 5.41) is 9.19. The second kappa shape index (κ2) is 3.87. The molecule has 2 rings (SSSR count). The number of aliphatic hydroxyl groups excluding tert-OH is 1. The molecule has 0 aromatic carbocycles. The molecule has 0 spiro atoms. The molecule has 1 heterocycles. The highest BCUT2D eigenvalue weighted by atomic mass is 32.1. The third-order valence-electron chi connectivity index (χ3n) is 3.20. The maximum absolute atomic E-state index is 9.19. The fourth-order valence-corrected chi connectivity index (χ4v) is 2.72. The zero-order valence-electron chi connectivity index (χ0n) is 8.36. The van der Waals surface area contributed by atoms with Crippen LogP contribution in [0.1, 0.15) is 37.9 Å². The molecule has 2 atom stereocenters. The van der Waals surface area contributed by atoms with Gasteiger partial charge >= 0.3 is 0 Å². The van der Waals surface area contributed by atoms with E-state index in [1.807, 2.05) is 6.20 Å². The quantitative estimate of drug-likeness (QED) is 0.739. The van der Waals surface area contributed by atoms with Gasteiger partial charge in [0.2, 0.25) is 0 Å². The van der Waals surface area contributed by atoms with E-state index in [0.717, 1.165) is 10.5 Å². The van der Waals surface area contributed by atoms with Gasteiger partial charge in [-0.25, -0.2) is 0 Å². The molecule has 0 saturated heterocycles. The first-order chi connectivity index (χ1) is 6.74. The van der Waals surface area contributed by atoms with Crippen LogP contribution in [0.25, 0.3) is 0 Å². The standard InChI is InChI=1S/C10H16N2OS/c1-7-3-2-4-9(7)12-8(6-13)5-11-10(12)14/h5,7,9,13H,2-4,6H2,1H3,(H,11,14). The lowest BCUT2D eigenvalue weighted by Crippen LogP contribution is -2.14. The zero-order chi connectivity index (χ0) is 10.1. The van der Waals surface area contributed by atoms with Gasteiger partial charge in [0, 0.05) is 12.2 Å². The smallest absolute Gasteiger partial charge is 0.177 e. The van der Waals surface area contributed by atoms with Crippen molar-refractivity contribution in [2.24, 2.45) is 5.92 Å². The predicted octanol–water partition coefficient (Wildman–Crippen LogP) is 2.40. The third kappa shape index (κ3) is 1.53. The van der Waals surface area contributed by atoms with Crippen LogP contribution in [0.5, 0.6) is 0 Å². The van der Waals surface area contributed by atoms with E-state index in [1.54, 1.807) is 0 Å². The molecule has 1 aromatic heterocycles. The lowest BCUT2D eigenvalue weighted by Gasteiger charge is -2.19. The van der Waals surface area contributed by atoms with Crippen molar-refractivity contribution >= 4 is 12.2 Å². The molecule has 78 valence electrons. The first-order valence-electron chi connectivity index (χ1n) is 5.13. The first-order valence-corrected chi connectivity index (χ1v) is 5.54. The summed E-state index contributed by atoms with van der Waals surface area (Å²) >= 11 is 5.22. The van der Waals surface area contributed by atoms with Gasteiger partial charge in [-0.05, 0) is 31.0 Å². The van der Waals surface area contributed by atoms with Gasteiger partial charge in [0.05, 0.1) is 12.3 Å². The van der Waals surface area contributed by atoms with E-state index in [0.29, 0.717) is 12.0 Å². The molecule has 0 radical (unpaired) electrons. The first kappa shape index (κ1) is 9.93. The van der Waals surface area contributed by atoms with E-state index in [2.05, 4.69) is 16.5 Å². The summed E-state index contributed by atoms with van der Waals surface area (Å²) in [6.45, 7) is 2.32. The number of H-pyrrole nitrogens is 1. The number of nitrogens with zero attached hydrogens (tertiary/aromatic N) is 1. The highest BCUT2D eigenvalue weighted by Gasteiger charge is 2.26. The second-order valence-electron chi connectivity index (χ2n) is 4.09. The van der Waals surface area contributed by atoms with Crippen molar-refractivity contribution in [2.75, 3.05) is 0 Å². The maximum atomic E-state index is 9.19. The molecule has 1 aliphatic carbocycles. The van der Waals surface area contributed by atoms with Crippen molar-refractivity contribution in [3.05, 3.63) is 16.7 Å². The minimum atomic E-state index is 0.0658. The molecule has 0 amide bonds. The Balaban J connectivity index is 2.38. The van der Waals surface area contributed by atoms with Gasteiger partial charge in [-0.1, -0.05) is 13.3 Å². The van der Waals surface area contributed by atoms with Crippen molar-refractivity contribution in [3.8, 4) is 0 Å². The molecule has 1 aliphatic rings. The molecule has 1 saturated carbocycles. The number of aromatic nitrogens is 2. The molecule has 0 bridgehead atoms. The highest BCUT2D eigenvalue weighted by Crippen LogP contribution is 2.36. The number of imidazole rings is 1. The molecule has 2 N–H and O–H groups in total. The number of aliphatic hydroxyl groups is 1. The Bertz CT molecular complexity index is 368. The van der Waals surface area contributed by atoms with Crippen LogP contribution in [-0.2, 0) is 6.61 Å². The molecule has 1 fully saturated rings. The predicted molar refractivity (Wildman–Crippen MR) is 57.6 cm³/mol. The highest BCUT2D eigenvalue weighted by molar-refractivity contribution is 7.71. The normalized spacial score (nSPS) is 27.0. The van der Waals surface area contributed by atoms with Crippen LogP contribution in [0.2, 0.25) is 0 Å². The Kier molecular flexibility index (Phi) is 2.74. The van der Waals surface area contributed by atoms with E-state index >= 15 is 0 Å². The number of aromatic amines is 1. The van der Waals surface area contributed by atoms with E-state index < -0.39 is 0 Å². The lowest BCUT2D eigenvalue weighted by atomic mass is 10.1. The lowest BCUT2D eigenvalue weighted by molar-refractivity contribution is 0.260. The number of hydrogen-bond donors (Lipinski definition) is 2. The molecule has 2 unspecified atom stereocenters. The fourth-order valence-electron chi connectivity index (χ4n) is 2.41. The van der Waals surface area contributed by atoms with Gasteiger partial charge in [-0.15, -0.1) is 0 Å². The largest absolute Gasteiger partial charge is 0.390 e. The Morgan fingerprint density at radius 3 is 3.00 bits per heavy atom. The van der Waals surface area contributed by atoms with Crippen molar-refractivity contribution in [1.29, 1.82) is 0 Å². The Morgan fingerprint density at radius 1 is 1.64 bits per heavy atom. The molecular weight excluding hydrogens is 196 g/mol. The van der Waals surface area contributed by atoms with E-state index in [1.165, 1.54) is 19.3 Å². The maximum Gasteiger partial charge on any atom is 0.177 e. The summed E-state index contributed by atoms with van der Waals surface area (Å²) in [7, 11) is 0. The average molecular weight is 212 g/mol. The van der Waals surface area contributed by atoms with Crippen LogP contribution in [0.4, 0.5) is 0 Å². The summed E-state index contributed by atoms with van der Waals surface area (Å²) in [6, 6.07) is 0.482. The molecule has 4 heteroatoms. The van der Waals surface area contributed by atoms with E-state index in [9.17, 15) is 5.11 Å². The minimum Gasteiger partial charge on any atom is -0.390 e. The molecular formula is C10H16N2OS. The summed E-state index contributed by atoms with van der Waals surface area (Å²) in [6.07, 6.45) is 5.53. The topological polar surface area (TPSA) is 41.0 Å². The van der Waals surface area contributed by atoms with Crippen molar-refractivity contribution < 1.29 is 5.11 Å². The van der Waals surface area contributed by atoms with Crippen molar-refractivity contribution in [3.63, 3.8) is 0 Å². The number of rotatable bonds is 2. The van der Waals surface area contributed by atoms with Crippen LogP contribution in [0.15, 0.2) is 6.20 Å². The van der Waals surface area contributed by atoms with Gasteiger partial charge < -0.3 is 14.7 Å². The number of nitrogens with one attached hydrogen (secondary N) is 1. The van der Waals surface area contributed by atoms with Crippen LogP contribution >= 0.6 is 12.2 Å². The van der Waals surface area contributed by atoms with E-state index in [4.69, 9.17) is 12.2 Å². The average Bonchev–Trinajstić information content (AvgIpc) is 2.72. The van der Waals surface area contributed by atoms with Gasteiger partial charge in [0.25, 0.3) is 0 Å². The SMILES string of the molecule is CC1CCCC1n1c(CO)c[nH]c1=S. The Morgan fingerprint density at radius 2 is 2.43 bits per heavy atom. The Hall–Kier alpha value is -0.610. The van der Waals surface area contributed by atoms with Gasteiger partial charge in [0.15, 0.2) is 4.77 Å². The van der Waals surface area contributed by atoms with Crippen LogP contribution in [0, 0.1) is 10.7 Å². The van der Waals surface area contributed by atoms with Gasteiger partial charge in [0.1, 0.15) is 0 Å². The summed E-state index contributed by atoms with van der Waals surface area (Å²) in [5.74, 6) is 0.669. The zero-order valence-corrected chi connectivity index (χ0v) is 9.18. The summed E-state index contributed by atoms with van der Waals surface area (Å²) in [4.78, 5) is 3.00. The van der Waals surface area contributed by atoms with Crippen molar-refractivity contribution in [1.82, 2.24) is 9.55 Å². The Labute approximate surface area is 88.8 Å². The summed E-state index contributed by atoms with van der Waals surface area (Å²) in [5.41, 5.74) is 0.911. The molecule has 1 aromatic rings. The summed E-state index contributed by atoms with van der Waals surface area (Å²) < 4.78 is 2.83. The van der Waals surface area contributed by atoms with Gasteiger partial charge in [-0.2, -0.15) is 0 Å². The molecule has 14 heavy (non-hydrogen) atoms. The fraction of sp³-hybridized carbons (Fsp3) is 0.700. The molecule has 0 aliphatic heterocycles. The molecule has 3 nitrogen and oxygen atoms in total.